The molecule has 1 amide bonds. The van der Waals surface area contributed by atoms with Crippen LogP contribution >= 0.6 is 0 Å². The first kappa shape index (κ1) is 15.8. The van der Waals surface area contributed by atoms with Gasteiger partial charge in [-0.1, -0.05) is 12.8 Å². The van der Waals surface area contributed by atoms with Crippen molar-refractivity contribution in [2.45, 2.75) is 32.1 Å². The summed E-state index contributed by atoms with van der Waals surface area (Å²) in [5, 5.41) is 12.1. The highest BCUT2D eigenvalue weighted by Gasteiger charge is 2.41. The van der Waals surface area contributed by atoms with E-state index in [0.29, 0.717) is 37.2 Å². The van der Waals surface area contributed by atoms with Gasteiger partial charge in [0.2, 0.25) is 15.9 Å². The number of benzene rings is 1. The van der Waals surface area contributed by atoms with Crippen LogP contribution in [0.2, 0.25) is 0 Å². The maximum Gasteiger partial charge on any atom is 0.244 e. The number of nitrogens with zero attached hydrogens (tertiary/aromatic N) is 2. The predicted octanol–water partition coefficient (Wildman–Crippen LogP) is 2.25. The molecule has 0 spiro atoms. The fourth-order valence-corrected chi connectivity index (χ4v) is 4.82. The Bertz CT molecular complexity index is 744. The molecule has 1 heterocycles. The molecule has 3 rings (SSSR count). The van der Waals surface area contributed by atoms with Crippen LogP contribution in [0.1, 0.15) is 32.1 Å². The molecule has 2 fully saturated rings. The Morgan fingerprint density at radius 3 is 2.35 bits per heavy atom. The summed E-state index contributed by atoms with van der Waals surface area (Å²) in [6.07, 6.45) is 3.61. The zero-order valence-electron chi connectivity index (χ0n) is 12.8. The molecule has 23 heavy (non-hydrogen) atoms. The molecule has 0 unspecified atom stereocenters. The van der Waals surface area contributed by atoms with Crippen LogP contribution in [0.4, 0.5) is 11.4 Å². The summed E-state index contributed by atoms with van der Waals surface area (Å²) in [4.78, 5) is 12.4. The molecule has 7 heteroatoms. The molecular formula is C16H19N3O3S. The Morgan fingerprint density at radius 2 is 1.83 bits per heavy atom. The van der Waals surface area contributed by atoms with Crippen LogP contribution in [0, 0.1) is 16.7 Å². The molecule has 0 atom stereocenters. The van der Waals surface area contributed by atoms with Crippen molar-refractivity contribution in [3.05, 3.63) is 24.3 Å². The molecule has 122 valence electrons. The number of carbonyl (C=O) groups excluding carboxylic acids is 1. The Hall–Kier alpha value is -2.07. The standard InChI is InChI=1S/C16H19N3O3S/c17-12-16(8-1-2-9-16)15(20)18-13-4-6-14(7-5-13)19-10-3-11-23(19,21)22/h4-7H,1-3,8-11H2,(H,18,20). The van der Waals surface area contributed by atoms with Gasteiger partial charge in [-0.2, -0.15) is 5.26 Å². The Morgan fingerprint density at radius 1 is 1.17 bits per heavy atom. The highest BCUT2D eigenvalue weighted by molar-refractivity contribution is 7.93. The smallest absolute Gasteiger partial charge is 0.244 e. The number of rotatable bonds is 3. The van der Waals surface area contributed by atoms with E-state index in [1.54, 1.807) is 24.3 Å². The highest BCUT2D eigenvalue weighted by Crippen LogP contribution is 2.38. The summed E-state index contributed by atoms with van der Waals surface area (Å²) in [5.74, 6) is -0.0880. The van der Waals surface area contributed by atoms with Gasteiger partial charge in [0, 0.05) is 12.2 Å². The minimum Gasteiger partial charge on any atom is -0.325 e. The number of hydrogen-bond acceptors (Lipinski definition) is 4. The number of sulfonamides is 1. The molecule has 1 aromatic carbocycles. The van der Waals surface area contributed by atoms with Gasteiger partial charge < -0.3 is 5.32 Å². The minimum atomic E-state index is -3.20. The second-order valence-corrected chi connectivity index (χ2v) is 8.16. The largest absolute Gasteiger partial charge is 0.325 e. The van der Waals surface area contributed by atoms with Crippen molar-refractivity contribution in [2.24, 2.45) is 5.41 Å². The quantitative estimate of drug-likeness (QED) is 0.918. The molecular weight excluding hydrogens is 314 g/mol. The summed E-state index contributed by atoms with van der Waals surface area (Å²) in [6, 6.07) is 8.90. The van der Waals surface area contributed by atoms with Crippen molar-refractivity contribution in [3.63, 3.8) is 0 Å². The van der Waals surface area contributed by atoms with E-state index in [1.807, 2.05) is 0 Å². The zero-order valence-corrected chi connectivity index (χ0v) is 13.6. The number of carbonyl (C=O) groups is 1. The molecule has 1 aromatic rings. The van der Waals surface area contributed by atoms with E-state index in [1.165, 1.54) is 4.31 Å². The third-order valence-corrected chi connectivity index (χ3v) is 6.49. The van der Waals surface area contributed by atoms with Crippen molar-refractivity contribution < 1.29 is 13.2 Å². The van der Waals surface area contributed by atoms with Gasteiger partial charge in [-0.05, 0) is 43.5 Å². The summed E-state index contributed by atoms with van der Waals surface area (Å²) in [5.41, 5.74) is 0.268. The predicted molar refractivity (Wildman–Crippen MR) is 87.3 cm³/mol. The van der Waals surface area contributed by atoms with E-state index < -0.39 is 15.4 Å². The lowest BCUT2D eigenvalue weighted by atomic mass is 9.87. The lowest BCUT2D eigenvalue weighted by Crippen LogP contribution is -2.32. The summed E-state index contributed by atoms with van der Waals surface area (Å²) >= 11 is 0. The number of nitrogens with one attached hydrogen (secondary N) is 1. The fraction of sp³-hybridized carbons (Fsp3) is 0.500. The Balaban J connectivity index is 1.73. The minimum absolute atomic E-state index is 0.177. The second-order valence-electron chi connectivity index (χ2n) is 6.14. The summed E-state index contributed by atoms with van der Waals surface area (Å²) in [6.45, 7) is 0.492. The first-order valence-electron chi connectivity index (χ1n) is 7.80. The Labute approximate surface area is 136 Å². The van der Waals surface area contributed by atoms with Crippen molar-refractivity contribution >= 4 is 27.3 Å². The summed E-state index contributed by atoms with van der Waals surface area (Å²) in [7, 11) is -3.20. The van der Waals surface area contributed by atoms with Gasteiger partial charge >= 0.3 is 0 Å². The molecule has 1 N–H and O–H groups in total. The lowest BCUT2D eigenvalue weighted by molar-refractivity contribution is -0.122. The van der Waals surface area contributed by atoms with Crippen LogP contribution < -0.4 is 9.62 Å². The van der Waals surface area contributed by atoms with E-state index in [4.69, 9.17) is 0 Å². The third-order valence-electron chi connectivity index (χ3n) is 4.62. The fourth-order valence-electron chi connectivity index (χ4n) is 3.26. The van der Waals surface area contributed by atoms with Gasteiger partial charge in [0.25, 0.3) is 0 Å². The molecule has 2 aliphatic rings. The van der Waals surface area contributed by atoms with Crippen molar-refractivity contribution in [1.82, 2.24) is 0 Å². The van der Waals surface area contributed by atoms with Gasteiger partial charge in [0.15, 0.2) is 0 Å². The first-order chi connectivity index (χ1) is 11.0. The molecule has 1 aliphatic carbocycles. The molecule has 6 nitrogen and oxygen atoms in total. The topological polar surface area (TPSA) is 90.3 Å². The normalized spacial score (nSPS) is 21.8. The van der Waals surface area contributed by atoms with Crippen molar-refractivity contribution in [1.29, 1.82) is 5.26 Å². The van der Waals surface area contributed by atoms with E-state index in [0.717, 1.165) is 12.8 Å². The lowest BCUT2D eigenvalue weighted by Gasteiger charge is -2.20. The maximum atomic E-state index is 12.4. The number of amides is 1. The van der Waals surface area contributed by atoms with E-state index in [-0.39, 0.29) is 11.7 Å². The van der Waals surface area contributed by atoms with Gasteiger partial charge in [-0.3, -0.25) is 9.10 Å². The van der Waals surface area contributed by atoms with Crippen molar-refractivity contribution in [3.8, 4) is 6.07 Å². The van der Waals surface area contributed by atoms with Crippen LogP contribution in [0.15, 0.2) is 24.3 Å². The highest BCUT2D eigenvalue weighted by atomic mass is 32.2. The second kappa shape index (κ2) is 5.85. The van der Waals surface area contributed by atoms with Crippen LogP contribution in [0.5, 0.6) is 0 Å². The molecule has 0 radical (unpaired) electrons. The molecule has 1 saturated carbocycles. The SMILES string of the molecule is N#CC1(C(=O)Nc2ccc(N3CCCS3(=O)=O)cc2)CCCC1. The number of nitriles is 1. The Kier molecular flexibility index (Phi) is 4.02. The van der Waals surface area contributed by atoms with Crippen LogP contribution in [-0.2, 0) is 14.8 Å². The van der Waals surface area contributed by atoms with Crippen molar-refractivity contribution in [2.75, 3.05) is 21.9 Å². The van der Waals surface area contributed by atoms with E-state index in [2.05, 4.69) is 11.4 Å². The summed E-state index contributed by atoms with van der Waals surface area (Å²) < 4.78 is 25.2. The molecule has 1 saturated heterocycles. The van der Waals surface area contributed by atoms with E-state index in [9.17, 15) is 18.5 Å². The zero-order chi connectivity index (χ0) is 16.5. The van der Waals surface area contributed by atoms with Gasteiger partial charge in [-0.15, -0.1) is 0 Å². The molecule has 0 aromatic heterocycles. The maximum absolute atomic E-state index is 12.4. The number of hydrogen-bond donors (Lipinski definition) is 1. The number of anilines is 2. The van der Waals surface area contributed by atoms with Crippen LogP contribution in [0.3, 0.4) is 0 Å². The van der Waals surface area contributed by atoms with Gasteiger partial charge in [0.1, 0.15) is 5.41 Å². The molecule has 0 bridgehead atoms. The van der Waals surface area contributed by atoms with Gasteiger partial charge in [-0.25, -0.2) is 8.42 Å². The first-order valence-corrected chi connectivity index (χ1v) is 9.41. The monoisotopic (exact) mass is 333 g/mol. The average molecular weight is 333 g/mol. The average Bonchev–Trinajstić information content (AvgIpc) is 3.15. The molecule has 1 aliphatic heterocycles. The van der Waals surface area contributed by atoms with Crippen LogP contribution in [-0.4, -0.2) is 26.6 Å². The van der Waals surface area contributed by atoms with Crippen LogP contribution in [0.25, 0.3) is 0 Å². The van der Waals surface area contributed by atoms with E-state index >= 15 is 0 Å². The van der Waals surface area contributed by atoms with Gasteiger partial charge in [0.05, 0.1) is 17.5 Å². The third kappa shape index (κ3) is 2.91.